The number of hydrogen-bond acceptors (Lipinski definition) is 2. The van der Waals surface area contributed by atoms with Crippen molar-refractivity contribution in [1.29, 1.82) is 0 Å². The predicted molar refractivity (Wildman–Crippen MR) is 93.2 cm³/mol. The Morgan fingerprint density at radius 1 is 1.00 bits per heavy atom. The number of benzene rings is 1. The molecule has 0 spiro atoms. The molecule has 0 saturated heterocycles. The van der Waals surface area contributed by atoms with E-state index in [-0.39, 0.29) is 0 Å². The van der Waals surface area contributed by atoms with Crippen LogP contribution in [0.25, 0.3) is 10.9 Å². The SMILES string of the molecule is CCCCCCCCCNc1ccc(Cl)c2cccnc12. The quantitative estimate of drug-likeness (QED) is 0.570. The Hall–Kier alpha value is -1.28. The number of anilines is 1. The number of unbranched alkanes of at least 4 members (excludes halogenated alkanes) is 6. The number of aromatic nitrogens is 1. The zero-order valence-corrected chi connectivity index (χ0v) is 13.6. The maximum atomic E-state index is 6.21. The molecule has 3 heteroatoms. The van der Waals surface area contributed by atoms with Crippen molar-refractivity contribution in [2.24, 2.45) is 0 Å². The van der Waals surface area contributed by atoms with Crippen molar-refractivity contribution in [2.45, 2.75) is 51.9 Å². The first kappa shape index (κ1) is 16.1. The third kappa shape index (κ3) is 4.89. The third-order valence-corrected chi connectivity index (χ3v) is 4.14. The zero-order valence-electron chi connectivity index (χ0n) is 12.9. The van der Waals surface area contributed by atoms with Crippen molar-refractivity contribution in [2.75, 3.05) is 11.9 Å². The van der Waals surface area contributed by atoms with Crippen LogP contribution in [0.1, 0.15) is 51.9 Å². The molecule has 0 bridgehead atoms. The summed E-state index contributed by atoms with van der Waals surface area (Å²) in [4.78, 5) is 4.44. The molecule has 0 radical (unpaired) electrons. The largest absolute Gasteiger partial charge is 0.383 e. The lowest BCUT2D eigenvalue weighted by Crippen LogP contribution is -2.02. The van der Waals surface area contributed by atoms with Crippen LogP contribution >= 0.6 is 11.6 Å². The fourth-order valence-corrected chi connectivity index (χ4v) is 2.80. The van der Waals surface area contributed by atoms with Gasteiger partial charge in [-0.2, -0.15) is 0 Å². The number of rotatable bonds is 9. The Balaban J connectivity index is 1.78. The molecule has 1 aromatic heterocycles. The van der Waals surface area contributed by atoms with E-state index in [1.165, 1.54) is 44.9 Å². The molecule has 0 aliphatic carbocycles. The van der Waals surface area contributed by atoms with Crippen molar-refractivity contribution in [3.05, 3.63) is 35.5 Å². The number of nitrogens with zero attached hydrogens (tertiary/aromatic N) is 1. The second-order valence-electron chi connectivity index (χ2n) is 5.54. The van der Waals surface area contributed by atoms with E-state index in [9.17, 15) is 0 Å². The summed E-state index contributed by atoms with van der Waals surface area (Å²) in [6, 6.07) is 7.91. The first-order valence-corrected chi connectivity index (χ1v) is 8.48. The summed E-state index contributed by atoms with van der Waals surface area (Å²) < 4.78 is 0. The van der Waals surface area contributed by atoms with Gasteiger partial charge in [0.25, 0.3) is 0 Å². The zero-order chi connectivity index (χ0) is 14.9. The maximum Gasteiger partial charge on any atom is 0.0948 e. The summed E-state index contributed by atoms with van der Waals surface area (Å²) in [5.41, 5.74) is 2.05. The van der Waals surface area contributed by atoms with Gasteiger partial charge in [-0.1, -0.05) is 57.0 Å². The maximum absolute atomic E-state index is 6.21. The Kier molecular flexibility index (Phi) is 6.81. The normalized spacial score (nSPS) is 11.0. The Labute approximate surface area is 132 Å². The van der Waals surface area contributed by atoms with Crippen LogP contribution in [0.15, 0.2) is 30.5 Å². The van der Waals surface area contributed by atoms with Crippen LogP contribution < -0.4 is 5.32 Å². The van der Waals surface area contributed by atoms with Gasteiger partial charge in [0.05, 0.1) is 16.2 Å². The summed E-state index contributed by atoms with van der Waals surface area (Å²) in [5, 5.41) is 5.28. The topological polar surface area (TPSA) is 24.9 Å². The summed E-state index contributed by atoms with van der Waals surface area (Å²) in [6.07, 6.45) is 11.1. The average Bonchev–Trinajstić information content (AvgIpc) is 2.52. The minimum atomic E-state index is 0.763. The highest BCUT2D eigenvalue weighted by molar-refractivity contribution is 6.35. The summed E-state index contributed by atoms with van der Waals surface area (Å²) in [7, 11) is 0. The molecular weight excluding hydrogens is 280 g/mol. The molecule has 0 unspecified atom stereocenters. The lowest BCUT2D eigenvalue weighted by atomic mass is 10.1. The monoisotopic (exact) mass is 304 g/mol. The number of pyridine rings is 1. The van der Waals surface area contributed by atoms with Gasteiger partial charge in [-0.05, 0) is 30.7 Å². The van der Waals surface area contributed by atoms with Gasteiger partial charge in [-0.15, -0.1) is 0 Å². The van der Waals surface area contributed by atoms with Crippen molar-refractivity contribution in [3.63, 3.8) is 0 Å². The lowest BCUT2D eigenvalue weighted by Gasteiger charge is -2.10. The smallest absolute Gasteiger partial charge is 0.0948 e. The summed E-state index contributed by atoms with van der Waals surface area (Å²) in [5.74, 6) is 0. The fourth-order valence-electron chi connectivity index (χ4n) is 2.59. The first-order valence-electron chi connectivity index (χ1n) is 8.10. The van der Waals surface area contributed by atoms with Gasteiger partial charge in [-0.3, -0.25) is 4.98 Å². The van der Waals surface area contributed by atoms with E-state index in [0.29, 0.717) is 0 Å². The van der Waals surface area contributed by atoms with Crippen LogP contribution in [0.2, 0.25) is 5.02 Å². The third-order valence-electron chi connectivity index (χ3n) is 3.81. The molecule has 21 heavy (non-hydrogen) atoms. The molecule has 0 amide bonds. The highest BCUT2D eigenvalue weighted by Crippen LogP contribution is 2.27. The van der Waals surface area contributed by atoms with Gasteiger partial charge in [-0.25, -0.2) is 0 Å². The number of fused-ring (bicyclic) bond motifs is 1. The second-order valence-corrected chi connectivity index (χ2v) is 5.95. The lowest BCUT2D eigenvalue weighted by molar-refractivity contribution is 0.596. The predicted octanol–water partition coefficient (Wildman–Crippen LogP) is 6.05. The van der Waals surface area contributed by atoms with Crippen molar-refractivity contribution >= 4 is 28.2 Å². The second kappa shape index (κ2) is 8.89. The molecule has 2 nitrogen and oxygen atoms in total. The molecule has 1 N–H and O–H groups in total. The van der Waals surface area contributed by atoms with E-state index in [0.717, 1.165) is 28.2 Å². The highest BCUT2D eigenvalue weighted by Gasteiger charge is 2.04. The van der Waals surface area contributed by atoms with Gasteiger partial charge >= 0.3 is 0 Å². The van der Waals surface area contributed by atoms with E-state index >= 15 is 0 Å². The van der Waals surface area contributed by atoms with Crippen LogP contribution in [0.4, 0.5) is 5.69 Å². The van der Waals surface area contributed by atoms with E-state index in [2.05, 4.69) is 17.2 Å². The molecule has 0 atom stereocenters. The number of hydrogen-bond donors (Lipinski definition) is 1. The number of nitrogens with one attached hydrogen (secondary N) is 1. The van der Waals surface area contributed by atoms with Gasteiger partial charge in [0.2, 0.25) is 0 Å². The van der Waals surface area contributed by atoms with Crippen molar-refractivity contribution < 1.29 is 0 Å². The van der Waals surface area contributed by atoms with Crippen molar-refractivity contribution in [3.8, 4) is 0 Å². The minimum absolute atomic E-state index is 0.763. The van der Waals surface area contributed by atoms with E-state index < -0.39 is 0 Å². The van der Waals surface area contributed by atoms with E-state index in [1.54, 1.807) is 0 Å². The van der Waals surface area contributed by atoms with Gasteiger partial charge < -0.3 is 5.32 Å². The first-order chi connectivity index (χ1) is 10.3. The average molecular weight is 305 g/mol. The number of halogens is 1. The molecule has 0 aliphatic heterocycles. The molecular formula is C18H25ClN2. The van der Waals surface area contributed by atoms with Gasteiger partial charge in [0, 0.05) is 18.1 Å². The molecule has 2 rings (SSSR count). The fraction of sp³-hybridized carbons (Fsp3) is 0.500. The van der Waals surface area contributed by atoms with Crippen LogP contribution in [0, 0.1) is 0 Å². The van der Waals surface area contributed by atoms with Gasteiger partial charge in [0.15, 0.2) is 0 Å². The molecule has 1 aromatic carbocycles. The standard InChI is InChI=1S/C18H25ClN2/c1-2-3-4-5-6-7-8-13-20-17-12-11-16(19)15-10-9-14-21-18(15)17/h9-12,14,20H,2-8,13H2,1H3. The molecule has 114 valence electrons. The van der Waals surface area contributed by atoms with Crippen LogP contribution in [-0.4, -0.2) is 11.5 Å². The minimum Gasteiger partial charge on any atom is -0.383 e. The Bertz CT molecular complexity index is 554. The van der Waals surface area contributed by atoms with Crippen LogP contribution in [0.3, 0.4) is 0 Å². The molecule has 0 saturated carbocycles. The Morgan fingerprint density at radius 2 is 1.76 bits per heavy atom. The Morgan fingerprint density at radius 3 is 2.57 bits per heavy atom. The molecule has 2 aromatic rings. The molecule has 0 aliphatic rings. The van der Waals surface area contributed by atoms with E-state index in [4.69, 9.17) is 11.6 Å². The van der Waals surface area contributed by atoms with Crippen LogP contribution in [-0.2, 0) is 0 Å². The summed E-state index contributed by atoms with van der Waals surface area (Å²) in [6.45, 7) is 3.26. The molecule has 0 fully saturated rings. The van der Waals surface area contributed by atoms with Crippen LogP contribution in [0.5, 0.6) is 0 Å². The van der Waals surface area contributed by atoms with E-state index in [1.807, 2.05) is 30.5 Å². The molecule has 1 heterocycles. The highest BCUT2D eigenvalue weighted by atomic mass is 35.5. The van der Waals surface area contributed by atoms with Gasteiger partial charge in [0.1, 0.15) is 0 Å². The van der Waals surface area contributed by atoms with Crippen molar-refractivity contribution in [1.82, 2.24) is 4.98 Å². The summed E-state index contributed by atoms with van der Waals surface area (Å²) >= 11 is 6.21.